The fraction of sp³-hybridized carbons (Fsp3) is 0.0204. The number of aryl methyl sites for hydroxylation is 1. The number of para-hydroxylation sites is 3. The summed E-state index contributed by atoms with van der Waals surface area (Å²) in [6.45, 7) is 2.21. The van der Waals surface area contributed by atoms with Crippen molar-refractivity contribution in [2.24, 2.45) is 0 Å². The van der Waals surface area contributed by atoms with Gasteiger partial charge in [0.05, 0.1) is 11.0 Å². The summed E-state index contributed by atoms with van der Waals surface area (Å²) in [5.41, 5.74) is 18.4. The number of rotatable bonds is 4. The lowest BCUT2D eigenvalue weighted by Gasteiger charge is -2.44. The topological polar surface area (TPSA) is 11.4 Å². The Balaban J connectivity index is 1.23. The van der Waals surface area contributed by atoms with Crippen LogP contribution in [0.4, 0.5) is 34.1 Å². The minimum absolute atomic E-state index is 0.0529. The number of benzene rings is 8. The fourth-order valence-electron chi connectivity index (χ4n) is 8.88. The fourth-order valence-corrected chi connectivity index (χ4v) is 8.88. The normalized spacial score (nSPS) is 12.9. The number of hydrogen-bond donors (Lipinski definition) is 0. The maximum atomic E-state index is 2.51. The van der Waals surface area contributed by atoms with E-state index in [0.717, 1.165) is 11.4 Å². The maximum Gasteiger partial charge on any atom is 0.252 e. The first-order valence-corrected chi connectivity index (χ1v) is 18.4. The molecule has 0 unspecified atom stereocenters. The summed E-state index contributed by atoms with van der Waals surface area (Å²) in [6.07, 6.45) is 0. The van der Waals surface area contributed by atoms with Gasteiger partial charge in [0, 0.05) is 50.6 Å². The zero-order valence-electron chi connectivity index (χ0n) is 29.3. The molecule has 4 heteroatoms. The third-order valence-corrected chi connectivity index (χ3v) is 11.2. The molecule has 0 fully saturated rings. The molecule has 2 aliphatic rings. The molecule has 248 valence electrons. The summed E-state index contributed by atoms with van der Waals surface area (Å²) in [5.74, 6) is 0. The summed E-state index contributed by atoms with van der Waals surface area (Å²) in [4.78, 5) is 4.97. The van der Waals surface area contributed by atoms with Gasteiger partial charge < -0.3 is 14.4 Å². The van der Waals surface area contributed by atoms with Gasteiger partial charge in [0.25, 0.3) is 6.71 Å². The van der Waals surface area contributed by atoms with Gasteiger partial charge in [-0.05, 0) is 101 Å². The highest BCUT2D eigenvalue weighted by atomic mass is 15.2. The van der Waals surface area contributed by atoms with Gasteiger partial charge in [-0.25, -0.2) is 0 Å². The molecule has 53 heavy (non-hydrogen) atoms. The molecule has 2 aliphatic heterocycles. The van der Waals surface area contributed by atoms with Crippen LogP contribution in [0, 0.1) is 6.92 Å². The smallest absolute Gasteiger partial charge is 0.252 e. The summed E-state index contributed by atoms with van der Waals surface area (Å²) < 4.78 is 2.43. The summed E-state index contributed by atoms with van der Waals surface area (Å²) in [7, 11) is 0. The average Bonchev–Trinajstić information content (AvgIpc) is 3.54. The highest BCUT2D eigenvalue weighted by Gasteiger charge is 2.43. The van der Waals surface area contributed by atoms with Crippen molar-refractivity contribution in [2.45, 2.75) is 6.92 Å². The van der Waals surface area contributed by atoms with Crippen molar-refractivity contribution in [1.29, 1.82) is 0 Å². The van der Waals surface area contributed by atoms with Gasteiger partial charge in [0.2, 0.25) is 0 Å². The first-order valence-electron chi connectivity index (χ1n) is 18.4. The first kappa shape index (κ1) is 29.9. The van der Waals surface area contributed by atoms with Gasteiger partial charge in [-0.2, -0.15) is 0 Å². The molecule has 0 atom stereocenters. The van der Waals surface area contributed by atoms with E-state index >= 15 is 0 Å². The van der Waals surface area contributed by atoms with Crippen LogP contribution in [0.3, 0.4) is 0 Å². The van der Waals surface area contributed by atoms with Crippen LogP contribution in [0.5, 0.6) is 0 Å². The van der Waals surface area contributed by atoms with Gasteiger partial charge in [0.1, 0.15) is 0 Å². The van der Waals surface area contributed by atoms with E-state index in [1.165, 1.54) is 83.3 Å². The van der Waals surface area contributed by atoms with Gasteiger partial charge in [-0.15, -0.1) is 0 Å². The van der Waals surface area contributed by atoms with Crippen LogP contribution in [0.2, 0.25) is 0 Å². The van der Waals surface area contributed by atoms with Crippen molar-refractivity contribution in [3.05, 3.63) is 194 Å². The predicted octanol–water partition coefficient (Wildman–Crippen LogP) is 10.8. The van der Waals surface area contributed by atoms with Gasteiger partial charge in [-0.1, -0.05) is 127 Å². The SMILES string of the molecule is Cc1ccc(N2c3ccccc3B3c4cc5c6ccccc6n(-c6ccccc6)c5cc4N(c4ccc(-c5ccccc5)cc4)c4cccc2c43)cc1. The Bertz CT molecular complexity index is 2840. The number of anilines is 6. The molecule has 0 saturated heterocycles. The molecule has 0 N–H and O–H groups in total. The predicted molar refractivity (Wildman–Crippen MR) is 225 cm³/mol. The Morgan fingerprint density at radius 2 is 0.962 bits per heavy atom. The molecule has 0 bridgehead atoms. The highest BCUT2D eigenvalue weighted by Crippen LogP contribution is 2.45. The summed E-state index contributed by atoms with van der Waals surface area (Å²) in [6, 6.07) is 69.1. The van der Waals surface area contributed by atoms with Crippen LogP contribution in [0.15, 0.2) is 188 Å². The molecule has 0 saturated carbocycles. The minimum Gasteiger partial charge on any atom is -0.311 e. The summed E-state index contributed by atoms with van der Waals surface area (Å²) in [5, 5.41) is 2.53. The standard InChI is InChI=1S/C49H34BN3/c1-33-23-27-37(28-24-33)52-44-20-11-9-18-41(44)50-42-31-40-39-17-8-10-19-43(39)51(36-15-6-3-7-16-36)47(40)32-48(42)53(46-22-12-21-45(52)49(46)50)38-29-25-35(26-30-38)34-13-4-2-5-14-34/h2-32H,1H3. The third kappa shape index (κ3) is 4.49. The summed E-state index contributed by atoms with van der Waals surface area (Å²) >= 11 is 0. The zero-order valence-corrected chi connectivity index (χ0v) is 29.3. The third-order valence-electron chi connectivity index (χ3n) is 11.2. The van der Waals surface area contributed by atoms with Crippen molar-refractivity contribution >= 4 is 79.0 Å². The van der Waals surface area contributed by atoms with E-state index < -0.39 is 0 Å². The van der Waals surface area contributed by atoms with Gasteiger partial charge in [0.15, 0.2) is 0 Å². The van der Waals surface area contributed by atoms with Crippen LogP contribution < -0.4 is 26.2 Å². The van der Waals surface area contributed by atoms with E-state index in [2.05, 4.69) is 209 Å². The molecule has 8 aromatic carbocycles. The lowest BCUT2D eigenvalue weighted by Crippen LogP contribution is -2.61. The zero-order chi connectivity index (χ0) is 35.0. The molecule has 0 spiro atoms. The largest absolute Gasteiger partial charge is 0.311 e. The Labute approximate surface area is 309 Å². The molecular weight excluding hydrogens is 641 g/mol. The van der Waals surface area contributed by atoms with Crippen molar-refractivity contribution < 1.29 is 0 Å². The van der Waals surface area contributed by atoms with Crippen LogP contribution in [0.25, 0.3) is 38.6 Å². The maximum absolute atomic E-state index is 2.51. The Morgan fingerprint density at radius 3 is 1.72 bits per heavy atom. The quantitative estimate of drug-likeness (QED) is 0.172. The van der Waals surface area contributed by atoms with Crippen LogP contribution in [0.1, 0.15) is 5.56 Å². The molecule has 0 amide bonds. The number of aromatic nitrogens is 1. The number of nitrogens with zero attached hydrogens (tertiary/aromatic N) is 3. The second-order valence-electron chi connectivity index (χ2n) is 14.2. The molecule has 1 aromatic heterocycles. The number of hydrogen-bond acceptors (Lipinski definition) is 2. The molecule has 0 aliphatic carbocycles. The van der Waals surface area contributed by atoms with Crippen LogP contribution in [-0.4, -0.2) is 11.3 Å². The first-order chi connectivity index (χ1) is 26.2. The average molecular weight is 676 g/mol. The lowest BCUT2D eigenvalue weighted by molar-refractivity contribution is 1.18. The van der Waals surface area contributed by atoms with Crippen molar-refractivity contribution in [1.82, 2.24) is 4.57 Å². The molecular formula is C49H34BN3. The molecule has 3 nitrogen and oxygen atoms in total. The van der Waals surface area contributed by atoms with E-state index in [-0.39, 0.29) is 6.71 Å². The highest BCUT2D eigenvalue weighted by molar-refractivity contribution is 7.00. The van der Waals surface area contributed by atoms with Gasteiger partial charge >= 0.3 is 0 Å². The van der Waals surface area contributed by atoms with E-state index in [1.807, 2.05) is 0 Å². The van der Waals surface area contributed by atoms with Crippen molar-refractivity contribution in [3.8, 4) is 16.8 Å². The molecule has 9 aromatic rings. The Kier molecular flexibility index (Phi) is 6.56. The second-order valence-corrected chi connectivity index (χ2v) is 14.2. The van der Waals surface area contributed by atoms with Crippen molar-refractivity contribution in [3.63, 3.8) is 0 Å². The number of fused-ring (bicyclic) bond motifs is 7. The van der Waals surface area contributed by atoms with Crippen LogP contribution >= 0.6 is 0 Å². The van der Waals surface area contributed by atoms with E-state index in [0.29, 0.717) is 0 Å². The van der Waals surface area contributed by atoms with E-state index in [9.17, 15) is 0 Å². The second kappa shape index (κ2) is 11.6. The van der Waals surface area contributed by atoms with Crippen LogP contribution in [-0.2, 0) is 0 Å². The molecule has 0 radical (unpaired) electrons. The molecule has 3 heterocycles. The Morgan fingerprint density at radius 1 is 0.377 bits per heavy atom. The van der Waals surface area contributed by atoms with E-state index in [4.69, 9.17) is 0 Å². The minimum atomic E-state index is 0.0529. The van der Waals surface area contributed by atoms with E-state index in [1.54, 1.807) is 0 Å². The van der Waals surface area contributed by atoms with Gasteiger partial charge in [-0.3, -0.25) is 0 Å². The monoisotopic (exact) mass is 675 g/mol. The lowest BCUT2D eigenvalue weighted by atomic mass is 9.33. The molecule has 11 rings (SSSR count). The Hall–Kier alpha value is -6.78. The van der Waals surface area contributed by atoms with Crippen molar-refractivity contribution in [2.75, 3.05) is 9.80 Å².